The molecule has 0 aliphatic rings. The van der Waals surface area contributed by atoms with Crippen LogP contribution in [0.1, 0.15) is 0 Å². The minimum absolute atomic E-state index is 0.0581. The molecule has 8 heteroatoms. The fourth-order valence-electron chi connectivity index (χ4n) is 1.51. The van der Waals surface area contributed by atoms with Crippen molar-refractivity contribution in [3.63, 3.8) is 0 Å². The van der Waals surface area contributed by atoms with E-state index in [0.717, 1.165) is 0 Å². The molecule has 2 aromatic rings. The molecule has 0 radical (unpaired) electrons. The third kappa shape index (κ3) is 3.38. The van der Waals surface area contributed by atoms with E-state index in [-0.39, 0.29) is 15.6 Å². The number of hydrogen-bond donors (Lipinski definition) is 2. The first-order chi connectivity index (χ1) is 9.29. The van der Waals surface area contributed by atoms with Gasteiger partial charge in [-0.3, -0.25) is 4.72 Å². The van der Waals surface area contributed by atoms with Gasteiger partial charge in [0.25, 0.3) is 10.0 Å². The Kier molecular flexibility index (Phi) is 4.49. The molecule has 0 heterocycles. The van der Waals surface area contributed by atoms with Crippen molar-refractivity contribution < 1.29 is 8.42 Å². The van der Waals surface area contributed by atoms with Crippen LogP contribution in [-0.2, 0) is 10.0 Å². The first-order valence-electron chi connectivity index (χ1n) is 5.32. The van der Waals surface area contributed by atoms with Crippen LogP contribution in [0.4, 0.5) is 11.4 Å². The first kappa shape index (κ1) is 15.4. The van der Waals surface area contributed by atoms with Crippen molar-refractivity contribution in [3.8, 4) is 0 Å². The number of anilines is 2. The summed E-state index contributed by atoms with van der Waals surface area (Å²) in [5, 5.41) is 0.632. The van der Waals surface area contributed by atoms with Crippen LogP contribution in [-0.4, -0.2) is 8.42 Å². The molecule has 0 aliphatic heterocycles. The number of halogens is 3. The van der Waals surface area contributed by atoms with Crippen molar-refractivity contribution in [1.82, 2.24) is 0 Å². The van der Waals surface area contributed by atoms with E-state index < -0.39 is 10.0 Å². The van der Waals surface area contributed by atoms with Crippen LogP contribution < -0.4 is 10.5 Å². The Morgan fingerprint density at radius 3 is 2.45 bits per heavy atom. The fraction of sp³-hybridized carbons (Fsp3) is 0. The van der Waals surface area contributed by atoms with Gasteiger partial charge >= 0.3 is 0 Å². The molecular formula is C12H9BrCl2N2O2S. The number of nitrogens with one attached hydrogen (secondary N) is 1. The van der Waals surface area contributed by atoms with E-state index in [1.54, 1.807) is 6.07 Å². The highest BCUT2D eigenvalue weighted by molar-refractivity contribution is 9.10. The second-order valence-electron chi connectivity index (χ2n) is 3.92. The van der Waals surface area contributed by atoms with Gasteiger partial charge in [0.2, 0.25) is 0 Å². The van der Waals surface area contributed by atoms with Crippen LogP contribution in [0, 0.1) is 0 Å². The summed E-state index contributed by atoms with van der Waals surface area (Å²) in [6, 6.07) is 8.93. The van der Waals surface area contributed by atoms with Crippen molar-refractivity contribution in [3.05, 3.63) is 50.9 Å². The SMILES string of the molecule is Nc1ccc(S(=O)(=O)Nc2cc(Cl)ccc2Cl)c(Br)c1. The van der Waals surface area contributed by atoms with Crippen molar-refractivity contribution in [2.24, 2.45) is 0 Å². The molecule has 0 saturated carbocycles. The molecule has 0 bridgehead atoms. The summed E-state index contributed by atoms with van der Waals surface area (Å²) in [7, 11) is -3.80. The number of benzene rings is 2. The lowest BCUT2D eigenvalue weighted by atomic mass is 10.3. The van der Waals surface area contributed by atoms with Gasteiger partial charge in [0.05, 0.1) is 10.7 Å². The first-order valence-corrected chi connectivity index (χ1v) is 8.36. The van der Waals surface area contributed by atoms with E-state index >= 15 is 0 Å². The predicted octanol–water partition coefficient (Wildman–Crippen LogP) is 4.14. The van der Waals surface area contributed by atoms with Crippen LogP contribution in [0.15, 0.2) is 45.8 Å². The van der Waals surface area contributed by atoms with Crippen LogP contribution >= 0.6 is 39.1 Å². The van der Waals surface area contributed by atoms with Gasteiger partial charge in [0, 0.05) is 15.2 Å². The van der Waals surface area contributed by atoms with Gasteiger partial charge in [0.15, 0.2) is 0 Å². The lowest BCUT2D eigenvalue weighted by Crippen LogP contribution is -2.14. The maximum absolute atomic E-state index is 12.3. The molecular weight excluding hydrogens is 387 g/mol. The van der Waals surface area contributed by atoms with Crippen LogP contribution in [0.2, 0.25) is 10.0 Å². The van der Waals surface area contributed by atoms with Gasteiger partial charge in [-0.1, -0.05) is 23.2 Å². The number of nitrogens with two attached hydrogens (primary N) is 1. The zero-order chi connectivity index (χ0) is 14.9. The summed E-state index contributed by atoms with van der Waals surface area (Å²) in [6.45, 7) is 0. The molecule has 0 spiro atoms. The van der Waals surface area contributed by atoms with Crippen LogP contribution in [0.5, 0.6) is 0 Å². The Balaban J connectivity index is 2.43. The Hall–Kier alpha value is -0.950. The van der Waals surface area contributed by atoms with E-state index in [2.05, 4.69) is 20.7 Å². The monoisotopic (exact) mass is 394 g/mol. The highest BCUT2D eigenvalue weighted by Gasteiger charge is 2.19. The molecule has 4 nitrogen and oxygen atoms in total. The largest absolute Gasteiger partial charge is 0.399 e. The van der Waals surface area contributed by atoms with Crippen LogP contribution in [0.25, 0.3) is 0 Å². The molecule has 2 rings (SSSR count). The van der Waals surface area contributed by atoms with E-state index in [4.69, 9.17) is 28.9 Å². The van der Waals surface area contributed by atoms with Gasteiger partial charge < -0.3 is 5.73 Å². The average Bonchev–Trinajstić information content (AvgIpc) is 2.33. The van der Waals surface area contributed by atoms with E-state index in [1.807, 2.05) is 0 Å². The van der Waals surface area contributed by atoms with Gasteiger partial charge in [-0.05, 0) is 52.3 Å². The summed E-state index contributed by atoms with van der Waals surface area (Å²) >= 11 is 14.9. The van der Waals surface area contributed by atoms with Crippen molar-refractivity contribution in [2.45, 2.75) is 4.90 Å². The standard InChI is InChI=1S/C12H9BrCl2N2O2S/c13-9-6-8(16)2-4-12(9)20(18,19)17-11-5-7(14)1-3-10(11)15/h1-6,17H,16H2. The van der Waals surface area contributed by atoms with Gasteiger partial charge in [-0.25, -0.2) is 8.42 Å². The third-order valence-electron chi connectivity index (χ3n) is 2.42. The van der Waals surface area contributed by atoms with Gasteiger partial charge in [-0.2, -0.15) is 0 Å². The second kappa shape index (κ2) is 5.81. The summed E-state index contributed by atoms with van der Waals surface area (Å²) in [5.41, 5.74) is 6.25. The van der Waals surface area contributed by atoms with Crippen LogP contribution in [0.3, 0.4) is 0 Å². The quantitative estimate of drug-likeness (QED) is 0.767. The lowest BCUT2D eigenvalue weighted by Gasteiger charge is -2.11. The predicted molar refractivity (Wildman–Crippen MR) is 85.8 cm³/mol. The zero-order valence-corrected chi connectivity index (χ0v) is 13.8. The summed E-state index contributed by atoms with van der Waals surface area (Å²) in [5.74, 6) is 0. The molecule has 3 N–H and O–H groups in total. The molecule has 0 aromatic heterocycles. The third-order valence-corrected chi connectivity index (χ3v) is 5.33. The topological polar surface area (TPSA) is 72.2 Å². The normalized spacial score (nSPS) is 11.3. The molecule has 20 heavy (non-hydrogen) atoms. The second-order valence-corrected chi connectivity index (χ2v) is 7.27. The van der Waals surface area contributed by atoms with E-state index in [0.29, 0.717) is 15.2 Å². The maximum Gasteiger partial charge on any atom is 0.263 e. The number of nitrogen functional groups attached to an aromatic ring is 1. The Labute approximate surface area is 135 Å². The zero-order valence-electron chi connectivity index (χ0n) is 9.90. The van der Waals surface area contributed by atoms with Gasteiger partial charge in [0.1, 0.15) is 4.90 Å². The number of hydrogen-bond acceptors (Lipinski definition) is 3. The molecule has 0 atom stereocenters. The molecule has 0 fully saturated rings. The Morgan fingerprint density at radius 2 is 1.80 bits per heavy atom. The molecule has 0 amide bonds. The van der Waals surface area contributed by atoms with Crippen molar-refractivity contribution >= 4 is 60.5 Å². The Morgan fingerprint density at radius 1 is 1.10 bits per heavy atom. The van der Waals surface area contributed by atoms with Gasteiger partial charge in [-0.15, -0.1) is 0 Å². The van der Waals surface area contributed by atoms with Crippen molar-refractivity contribution in [1.29, 1.82) is 0 Å². The minimum atomic E-state index is -3.80. The van der Waals surface area contributed by atoms with E-state index in [1.165, 1.54) is 30.3 Å². The highest BCUT2D eigenvalue weighted by Crippen LogP contribution is 2.30. The molecule has 0 aliphatic carbocycles. The van der Waals surface area contributed by atoms with E-state index in [9.17, 15) is 8.42 Å². The average molecular weight is 396 g/mol. The summed E-state index contributed by atoms with van der Waals surface area (Å²) in [6.07, 6.45) is 0. The number of sulfonamides is 1. The smallest absolute Gasteiger partial charge is 0.263 e. The molecule has 0 saturated heterocycles. The molecule has 2 aromatic carbocycles. The molecule has 0 unspecified atom stereocenters. The Bertz CT molecular complexity index is 766. The lowest BCUT2D eigenvalue weighted by molar-refractivity contribution is 0.601. The van der Waals surface area contributed by atoms with Crippen molar-refractivity contribution in [2.75, 3.05) is 10.5 Å². The number of rotatable bonds is 3. The molecule has 106 valence electrons. The maximum atomic E-state index is 12.3. The highest BCUT2D eigenvalue weighted by atomic mass is 79.9. The summed E-state index contributed by atoms with van der Waals surface area (Å²) < 4.78 is 27.4. The fourth-order valence-corrected chi connectivity index (χ4v) is 4.07. The minimum Gasteiger partial charge on any atom is -0.399 e. The summed E-state index contributed by atoms with van der Waals surface area (Å²) in [4.78, 5) is 0.0581.